The second kappa shape index (κ2) is 8.78. The van der Waals surface area contributed by atoms with Crippen LogP contribution in [0.15, 0.2) is 53.1 Å². The van der Waals surface area contributed by atoms with Crippen LogP contribution in [0.1, 0.15) is 56.2 Å². The molecule has 6 heteroatoms. The van der Waals surface area contributed by atoms with Crippen molar-refractivity contribution in [3.05, 3.63) is 71.4 Å². The van der Waals surface area contributed by atoms with Gasteiger partial charge in [0, 0.05) is 18.4 Å². The minimum Gasteiger partial charge on any atom is -0.350 e. The van der Waals surface area contributed by atoms with E-state index in [-0.39, 0.29) is 24.2 Å². The number of nitrogens with zero attached hydrogens (tertiary/aromatic N) is 2. The molecular weight excluding hydrogens is 357 g/mol. The van der Waals surface area contributed by atoms with Crippen LogP contribution < -0.4 is 5.32 Å². The molecule has 1 heterocycles. The Morgan fingerprint density at radius 1 is 1.04 bits per heavy atom. The number of aryl methyl sites for hydroxylation is 1. The van der Waals surface area contributed by atoms with Crippen molar-refractivity contribution in [1.29, 1.82) is 0 Å². The number of rotatable bonds is 7. The number of aromatic nitrogens is 2. The van der Waals surface area contributed by atoms with Gasteiger partial charge in [-0.05, 0) is 36.1 Å². The molecule has 1 amide bonds. The SMILES string of the molecule is CC(C)c1ccc(-c2noc(CCC(=O)NC(C)c3ccc(F)cc3)n2)cc1. The van der Waals surface area contributed by atoms with Crippen molar-refractivity contribution in [2.75, 3.05) is 0 Å². The molecule has 0 aliphatic heterocycles. The number of benzene rings is 2. The molecule has 1 N–H and O–H groups in total. The summed E-state index contributed by atoms with van der Waals surface area (Å²) in [7, 11) is 0. The molecule has 0 saturated carbocycles. The smallest absolute Gasteiger partial charge is 0.227 e. The van der Waals surface area contributed by atoms with Gasteiger partial charge in [0.05, 0.1) is 6.04 Å². The van der Waals surface area contributed by atoms with Crippen LogP contribution in [0.2, 0.25) is 0 Å². The standard InChI is InChI=1S/C22H24FN3O2/c1-14(2)16-4-6-18(7-5-16)22-25-21(28-26-22)13-12-20(27)24-15(3)17-8-10-19(23)11-9-17/h4-11,14-15H,12-13H2,1-3H3,(H,24,27). The zero-order valence-corrected chi connectivity index (χ0v) is 16.3. The predicted octanol–water partition coefficient (Wildman–Crippen LogP) is 4.81. The van der Waals surface area contributed by atoms with Gasteiger partial charge in [-0.25, -0.2) is 4.39 Å². The first-order valence-corrected chi connectivity index (χ1v) is 9.40. The molecule has 3 rings (SSSR count). The highest BCUT2D eigenvalue weighted by Gasteiger charge is 2.13. The highest BCUT2D eigenvalue weighted by Crippen LogP contribution is 2.21. The van der Waals surface area contributed by atoms with E-state index in [9.17, 15) is 9.18 Å². The van der Waals surface area contributed by atoms with Gasteiger partial charge in [0.15, 0.2) is 0 Å². The summed E-state index contributed by atoms with van der Waals surface area (Å²) in [5.41, 5.74) is 2.98. The molecule has 5 nitrogen and oxygen atoms in total. The average Bonchev–Trinajstić information content (AvgIpc) is 3.16. The van der Waals surface area contributed by atoms with Gasteiger partial charge in [-0.1, -0.05) is 55.4 Å². The Kier molecular flexibility index (Phi) is 6.19. The zero-order chi connectivity index (χ0) is 20.1. The third-order valence-corrected chi connectivity index (χ3v) is 4.62. The summed E-state index contributed by atoms with van der Waals surface area (Å²) in [4.78, 5) is 16.5. The van der Waals surface area contributed by atoms with Crippen LogP contribution in [-0.4, -0.2) is 16.0 Å². The molecule has 0 radical (unpaired) electrons. The highest BCUT2D eigenvalue weighted by atomic mass is 19.1. The minimum atomic E-state index is -0.298. The minimum absolute atomic E-state index is 0.127. The van der Waals surface area contributed by atoms with E-state index in [1.54, 1.807) is 12.1 Å². The Balaban J connectivity index is 1.53. The van der Waals surface area contributed by atoms with Crippen molar-refractivity contribution < 1.29 is 13.7 Å². The second-order valence-electron chi connectivity index (χ2n) is 7.13. The molecule has 0 fully saturated rings. The number of amides is 1. The monoisotopic (exact) mass is 381 g/mol. The molecule has 1 unspecified atom stereocenters. The van der Waals surface area contributed by atoms with Crippen molar-refractivity contribution in [3.8, 4) is 11.4 Å². The molecule has 0 aliphatic rings. The summed E-state index contributed by atoms with van der Waals surface area (Å²) in [5.74, 6) is 0.981. The average molecular weight is 381 g/mol. The fraction of sp³-hybridized carbons (Fsp3) is 0.318. The molecule has 0 saturated heterocycles. The lowest BCUT2D eigenvalue weighted by Crippen LogP contribution is -2.26. The summed E-state index contributed by atoms with van der Waals surface area (Å²) in [6.45, 7) is 6.14. The molecule has 0 aliphatic carbocycles. The third kappa shape index (κ3) is 5.03. The Morgan fingerprint density at radius 2 is 1.68 bits per heavy atom. The Morgan fingerprint density at radius 3 is 2.32 bits per heavy atom. The maximum Gasteiger partial charge on any atom is 0.227 e. The quantitative estimate of drug-likeness (QED) is 0.638. The van der Waals surface area contributed by atoms with Crippen LogP contribution in [0, 0.1) is 5.82 Å². The Bertz CT molecular complexity index is 918. The van der Waals surface area contributed by atoms with Gasteiger partial charge in [-0.15, -0.1) is 0 Å². The molecule has 28 heavy (non-hydrogen) atoms. The van der Waals surface area contributed by atoms with Crippen LogP contribution >= 0.6 is 0 Å². The number of hydrogen-bond acceptors (Lipinski definition) is 4. The van der Waals surface area contributed by atoms with E-state index in [1.807, 2.05) is 19.1 Å². The van der Waals surface area contributed by atoms with E-state index in [4.69, 9.17) is 4.52 Å². The first-order chi connectivity index (χ1) is 13.4. The van der Waals surface area contributed by atoms with E-state index in [2.05, 4.69) is 41.4 Å². The molecule has 0 bridgehead atoms. The molecule has 146 valence electrons. The van der Waals surface area contributed by atoms with Crippen molar-refractivity contribution >= 4 is 5.91 Å². The lowest BCUT2D eigenvalue weighted by molar-refractivity contribution is -0.121. The maximum absolute atomic E-state index is 13.0. The van der Waals surface area contributed by atoms with Crippen molar-refractivity contribution in [3.63, 3.8) is 0 Å². The largest absolute Gasteiger partial charge is 0.350 e. The molecule has 0 spiro atoms. The predicted molar refractivity (Wildman–Crippen MR) is 105 cm³/mol. The van der Waals surface area contributed by atoms with Crippen LogP contribution in [0.4, 0.5) is 4.39 Å². The first-order valence-electron chi connectivity index (χ1n) is 9.40. The fourth-order valence-electron chi connectivity index (χ4n) is 2.86. The molecular formula is C22H24FN3O2. The Labute approximate surface area is 164 Å². The van der Waals surface area contributed by atoms with Gasteiger partial charge in [0.1, 0.15) is 5.82 Å². The highest BCUT2D eigenvalue weighted by molar-refractivity contribution is 5.76. The van der Waals surface area contributed by atoms with Crippen molar-refractivity contribution in [1.82, 2.24) is 15.5 Å². The van der Waals surface area contributed by atoms with Gasteiger partial charge >= 0.3 is 0 Å². The van der Waals surface area contributed by atoms with Gasteiger partial charge in [-0.2, -0.15) is 4.98 Å². The van der Waals surface area contributed by atoms with Gasteiger partial charge < -0.3 is 9.84 Å². The number of carbonyl (C=O) groups excluding carboxylic acids is 1. The summed E-state index contributed by atoms with van der Waals surface area (Å²) in [5, 5.41) is 6.89. The van der Waals surface area contributed by atoms with E-state index in [0.717, 1.165) is 11.1 Å². The van der Waals surface area contributed by atoms with Gasteiger partial charge in [0.25, 0.3) is 0 Å². The fourth-order valence-corrected chi connectivity index (χ4v) is 2.86. The Hall–Kier alpha value is -3.02. The molecule has 1 aromatic heterocycles. The first kappa shape index (κ1) is 19.7. The van der Waals surface area contributed by atoms with Crippen molar-refractivity contribution in [2.24, 2.45) is 0 Å². The number of carbonyl (C=O) groups is 1. The lowest BCUT2D eigenvalue weighted by atomic mass is 10.0. The number of hydrogen-bond donors (Lipinski definition) is 1. The number of nitrogens with one attached hydrogen (secondary N) is 1. The van der Waals surface area contributed by atoms with Gasteiger partial charge in [0.2, 0.25) is 17.6 Å². The lowest BCUT2D eigenvalue weighted by Gasteiger charge is -2.13. The summed E-state index contributed by atoms with van der Waals surface area (Å²) in [6, 6.07) is 13.9. The molecule has 3 aromatic rings. The topological polar surface area (TPSA) is 68.0 Å². The van der Waals surface area contributed by atoms with Crippen LogP contribution in [0.3, 0.4) is 0 Å². The normalized spacial score (nSPS) is 12.2. The maximum atomic E-state index is 13.0. The summed E-state index contributed by atoms with van der Waals surface area (Å²) in [6.07, 6.45) is 0.596. The summed E-state index contributed by atoms with van der Waals surface area (Å²) >= 11 is 0. The van der Waals surface area contributed by atoms with Crippen LogP contribution in [0.5, 0.6) is 0 Å². The second-order valence-corrected chi connectivity index (χ2v) is 7.13. The zero-order valence-electron chi connectivity index (χ0n) is 16.3. The van der Waals surface area contributed by atoms with E-state index < -0.39 is 0 Å². The van der Waals surface area contributed by atoms with Crippen molar-refractivity contribution in [2.45, 2.75) is 45.6 Å². The van der Waals surface area contributed by atoms with E-state index in [0.29, 0.717) is 24.1 Å². The van der Waals surface area contributed by atoms with Gasteiger partial charge in [-0.3, -0.25) is 4.79 Å². The molecule has 2 aromatic carbocycles. The van der Waals surface area contributed by atoms with E-state index >= 15 is 0 Å². The number of halogens is 1. The third-order valence-electron chi connectivity index (χ3n) is 4.62. The molecule has 1 atom stereocenters. The van der Waals surface area contributed by atoms with E-state index in [1.165, 1.54) is 17.7 Å². The summed E-state index contributed by atoms with van der Waals surface area (Å²) < 4.78 is 18.3. The van der Waals surface area contributed by atoms with Crippen LogP contribution in [0.25, 0.3) is 11.4 Å². The van der Waals surface area contributed by atoms with Crippen LogP contribution in [-0.2, 0) is 11.2 Å².